The molecule has 0 atom stereocenters. The van der Waals surface area contributed by atoms with Crippen LogP contribution >= 0.6 is 0 Å². The number of hydrogen-bond donors (Lipinski definition) is 1. The van der Waals surface area contributed by atoms with Gasteiger partial charge in [-0.1, -0.05) is 40.5 Å². The quantitative estimate of drug-likeness (QED) is 0.897. The first-order valence-electron chi connectivity index (χ1n) is 8.75. The molecule has 116 valence electrons. The molecule has 0 radical (unpaired) electrons. The Kier molecular flexibility index (Phi) is 2.86. The first-order valence-corrected chi connectivity index (χ1v) is 8.75. The van der Waals surface area contributed by atoms with E-state index in [-0.39, 0.29) is 0 Å². The molecule has 1 aromatic rings. The summed E-state index contributed by atoms with van der Waals surface area (Å²) >= 11 is 0. The van der Waals surface area contributed by atoms with Gasteiger partial charge in [0.25, 0.3) is 0 Å². The van der Waals surface area contributed by atoms with E-state index in [1.807, 2.05) is 0 Å². The molecule has 21 heavy (non-hydrogen) atoms. The lowest BCUT2D eigenvalue weighted by atomic mass is 10.0. The molecule has 0 bridgehead atoms. The lowest BCUT2D eigenvalue weighted by molar-refractivity contribution is 0.457. The van der Waals surface area contributed by atoms with Crippen molar-refractivity contribution in [2.75, 3.05) is 6.54 Å². The van der Waals surface area contributed by atoms with E-state index in [1.165, 1.54) is 37.2 Å². The van der Waals surface area contributed by atoms with Gasteiger partial charge >= 0.3 is 0 Å². The molecule has 0 amide bonds. The normalized spacial score (nSPS) is 27.8. The van der Waals surface area contributed by atoms with Gasteiger partial charge in [-0.2, -0.15) is 0 Å². The average Bonchev–Trinajstić information content (AvgIpc) is 2.94. The molecule has 1 N–H and O–H groups in total. The monoisotopic (exact) mass is 287 g/mol. The molecule has 1 aromatic heterocycles. The van der Waals surface area contributed by atoms with Gasteiger partial charge in [0.15, 0.2) is 0 Å². The van der Waals surface area contributed by atoms with Gasteiger partial charge in [-0.3, -0.25) is 0 Å². The highest BCUT2D eigenvalue weighted by Crippen LogP contribution is 2.72. The van der Waals surface area contributed by atoms with Gasteiger partial charge in [0, 0.05) is 37.2 Å². The molecule has 3 heteroatoms. The molecular formula is C18H29N3. The molecule has 2 aliphatic carbocycles. The van der Waals surface area contributed by atoms with Crippen LogP contribution in [0.3, 0.4) is 0 Å². The van der Waals surface area contributed by atoms with Crippen LogP contribution in [0.25, 0.3) is 0 Å². The summed E-state index contributed by atoms with van der Waals surface area (Å²) in [6, 6.07) is 0.634. The van der Waals surface area contributed by atoms with Crippen molar-refractivity contribution in [2.24, 2.45) is 10.8 Å². The molecule has 3 aliphatic rings. The van der Waals surface area contributed by atoms with Gasteiger partial charge in [-0.25, -0.2) is 4.98 Å². The zero-order valence-electron chi connectivity index (χ0n) is 14.0. The number of fused-ring (bicyclic) bond motifs is 1. The van der Waals surface area contributed by atoms with E-state index < -0.39 is 0 Å². The Labute approximate surface area is 128 Å². The van der Waals surface area contributed by atoms with E-state index in [0.717, 1.165) is 19.5 Å². The van der Waals surface area contributed by atoms with Gasteiger partial charge in [-0.05, 0) is 23.7 Å². The predicted octanol–water partition coefficient (Wildman–Crippen LogP) is 3.79. The average molecular weight is 287 g/mol. The molecule has 0 unspecified atom stereocenters. The number of nitrogens with zero attached hydrogens (tertiary/aromatic N) is 2. The Balaban J connectivity index is 1.82. The van der Waals surface area contributed by atoms with Crippen LogP contribution in [0.1, 0.15) is 82.6 Å². The van der Waals surface area contributed by atoms with Crippen molar-refractivity contribution >= 4 is 0 Å². The van der Waals surface area contributed by atoms with Gasteiger partial charge in [-0.15, -0.1) is 0 Å². The largest absolute Gasteiger partial charge is 0.327 e. The summed E-state index contributed by atoms with van der Waals surface area (Å²) in [5.74, 6) is 2.13. The van der Waals surface area contributed by atoms with Crippen LogP contribution in [0, 0.1) is 10.8 Å². The van der Waals surface area contributed by atoms with Crippen molar-refractivity contribution in [1.29, 1.82) is 0 Å². The van der Waals surface area contributed by atoms with E-state index in [2.05, 4.69) is 37.6 Å². The first-order chi connectivity index (χ1) is 9.94. The van der Waals surface area contributed by atoms with Crippen molar-refractivity contribution in [3.63, 3.8) is 0 Å². The molecule has 1 aliphatic heterocycles. The number of hydrogen-bond acceptors (Lipinski definition) is 2. The van der Waals surface area contributed by atoms with E-state index in [0.29, 0.717) is 22.8 Å². The zero-order chi connectivity index (χ0) is 14.8. The van der Waals surface area contributed by atoms with Crippen molar-refractivity contribution in [2.45, 2.75) is 78.3 Å². The third kappa shape index (κ3) is 1.79. The highest BCUT2D eigenvalue weighted by Gasteiger charge is 2.66. The number of aromatic nitrogens is 2. The van der Waals surface area contributed by atoms with Crippen LogP contribution in [0.5, 0.6) is 0 Å². The second-order valence-electron chi connectivity index (χ2n) is 8.49. The lowest BCUT2D eigenvalue weighted by Crippen LogP contribution is -2.25. The van der Waals surface area contributed by atoms with E-state index in [9.17, 15) is 0 Å². The first kappa shape index (κ1) is 13.8. The standard InChI is InChI=1S/C18H29N3/c1-17(2)16(18(17,3)4)21-14-9-10-19-11-13(14)20-15(21)12-7-5-6-8-12/h12,16,19H,5-11H2,1-4H3. The summed E-state index contributed by atoms with van der Waals surface area (Å²) in [4.78, 5) is 5.13. The Morgan fingerprint density at radius 1 is 1.10 bits per heavy atom. The van der Waals surface area contributed by atoms with Gasteiger partial charge < -0.3 is 9.88 Å². The fourth-order valence-electron chi connectivity index (χ4n) is 4.92. The predicted molar refractivity (Wildman–Crippen MR) is 85.4 cm³/mol. The fourth-order valence-corrected chi connectivity index (χ4v) is 4.92. The molecule has 2 heterocycles. The summed E-state index contributed by atoms with van der Waals surface area (Å²) in [6.07, 6.45) is 6.61. The molecule has 0 spiro atoms. The fraction of sp³-hybridized carbons (Fsp3) is 0.833. The SMILES string of the molecule is CC1(C)C(n2c(C3CCCC3)nc3c2CCNC3)C1(C)C. The van der Waals surface area contributed by atoms with E-state index >= 15 is 0 Å². The van der Waals surface area contributed by atoms with Crippen LogP contribution < -0.4 is 5.32 Å². The summed E-state index contributed by atoms with van der Waals surface area (Å²) in [7, 11) is 0. The molecule has 0 saturated heterocycles. The Bertz CT molecular complexity index is 547. The maximum atomic E-state index is 5.13. The van der Waals surface area contributed by atoms with Crippen molar-refractivity contribution in [1.82, 2.24) is 14.9 Å². The summed E-state index contributed by atoms with van der Waals surface area (Å²) in [5, 5.41) is 3.50. The van der Waals surface area contributed by atoms with Crippen LogP contribution in [-0.4, -0.2) is 16.1 Å². The number of rotatable bonds is 2. The topological polar surface area (TPSA) is 29.9 Å². The summed E-state index contributed by atoms with van der Waals surface area (Å²) in [6.45, 7) is 11.8. The van der Waals surface area contributed by atoms with Crippen molar-refractivity contribution in [3.05, 3.63) is 17.2 Å². The van der Waals surface area contributed by atoms with Gasteiger partial charge in [0.05, 0.1) is 5.69 Å². The highest BCUT2D eigenvalue weighted by atomic mass is 15.2. The smallest absolute Gasteiger partial charge is 0.112 e. The lowest BCUT2D eigenvalue weighted by Gasteiger charge is -2.20. The number of imidazole rings is 1. The molecule has 2 saturated carbocycles. The molecule has 2 fully saturated rings. The molecular weight excluding hydrogens is 258 g/mol. The molecule has 3 nitrogen and oxygen atoms in total. The van der Waals surface area contributed by atoms with Gasteiger partial charge in [0.2, 0.25) is 0 Å². The minimum atomic E-state index is 0.389. The highest BCUT2D eigenvalue weighted by molar-refractivity contribution is 5.29. The Morgan fingerprint density at radius 2 is 1.76 bits per heavy atom. The number of nitrogens with one attached hydrogen (secondary N) is 1. The maximum Gasteiger partial charge on any atom is 0.112 e. The third-order valence-corrected chi connectivity index (χ3v) is 6.87. The van der Waals surface area contributed by atoms with Crippen molar-refractivity contribution in [3.8, 4) is 0 Å². The molecule has 4 rings (SSSR count). The third-order valence-electron chi connectivity index (χ3n) is 6.87. The van der Waals surface area contributed by atoms with Crippen LogP contribution in [0.2, 0.25) is 0 Å². The van der Waals surface area contributed by atoms with E-state index in [1.54, 1.807) is 5.69 Å². The van der Waals surface area contributed by atoms with Crippen LogP contribution in [-0.2, 0) is 13.0 Å². The Morgan fingerprint density at radius 3 is 2.38 bits per heavy atom. The van der Waals surface area contributed by atoms with Crippen LogP contribution in [0.15, 0.2) is 0 Å². The van der Waals surface area contributed by atoms with Gasteiger partial charge in [0.1, 0.15) is 5.82 Å². The Hall–Kier alpha value is -0.830. The second kappa shape index (κ2) is 4.34. The minimum Gasteiger partial charge on any atom is -0.327 e. The summed E-state index contributed by atoms with van der Waals surface area (Å²) in [5.41, 5.74) is 3.65. The minimum absolute atomic E-state index is 0.389. The van der Waals surface area contributed by atoms with Crippen LogP contribution in [0.4, 0.5) is 0 Å². The second-order valence-corrected chi connectivity index (χ2v) is 8.49. The maximum absolute atomic E-state index is 5.13. The van der Waals surface area contributed by atoms with E-state index in [4.69, 9.17) is 4.98 Å². The molecule has 0 aromatic carbocycles. The summed E-state index contributed by atoms with van der Waals surface area (Å²) < 4.78 is 2.70. The zero-order valence-corrected chi connectivity index (χ0v) is 14.0. The van der Waals surface area contributed by atoms with Crippen molar-refractivity contribution < 1.29 is 0 Å².